The number of benzene rings is 2. The van der Waals surface area contributed by atoms with Gasteiger partial charge in [0, 0.05) is 7.05 Å². The molecule has 1 heterocycles. The molecule has 0 aliphatic heterocycles. The van der Waals surface area contributed by atoms with Crippen molar-refractivity contribution in [2.75, 3.05) is 12.4 Å². The molecule has 1 amide bonds. The van der Waals surface area contributed by atoms with Gasteiger partial charge in [-0.15, -0.1) is 10.2 Å². The highest BCUT2D eigenvalue weighted by Crippen LogP contribution is 2.35. The van der Waals surface area contributed by atoms with E-state index in [-0.39, 0.29) is 12.3 Å². The summed E-state index contributed by atoms with van der Waals surface area (Å²) in [4.78, 5) is 12.5. The molecule has 3 aromatic rings. The molecule has 0 bridgehead atoms. The number of rotatable bonds is 8. The zero-order chi connectivity index (χ0) is 23.3. The summed E-state index contributed by atoms with van der Waals surface area (Å²) in [6.45, 7) is 1.73. The average Bonchev–Trinajstić information content (AvgIpc) is 3.11. The number of hydrogen-bond donors (Lipinski definition) is 1. The molecule has 0 saturated heterocycles. The Labute approximate surface area is 186 Å². The van der Waals surface area contributed by atoms with Crippen molar-refractivity contribution in [1.29, 1.82) is 0 Å². The highest BCUT2D eigenvalue weighted by atomic mass is 32.2. The molecule has 0 fully saturated rings. The molecule has 1 aromatic heterocycles. The molecule has 7 nitrogen and oxygen atoms in total. The van der Waals surface area contributed by atoms with Crippen molar-refractivity contribution >= 4 is 23.4 Å². The van der Waals surface area contributed by atoms with Gasteiger partial charge < -0.3 is 19.4 Å². The van der Waals surface area contributed by atoms with Crippen LogP contribution >= 0.6 is 11.8 Å². The summed E-state index contributed by atoms with van der Waals surface area (Å²) in [5.74, 6) is 1.28. The minimum atomic E-state index is -4.57. The molecule has 0 radical (unpaired) electrons. The first-order valence-corrected chi connectivity index (χ1v) is 10.4. The van der Waals surface area contributed by atoms with Crippen molar-refractivity contribution in [3.63, 3.8) is 0 Å². The van der Waals surface area contributed by atoms with Crippen LogP contribution in [0.3, 0.4) is 0 Å². The molecule has 1 unspecified atom stereocenters. The van der Waals surface area contributed by atoms with Gasteiger partial charge >= 0.3 is 6.18 Å². The summed E-state index contributed by atoms with van der Waals surface area (Å²) in [5.41, 5.74) is -1.19. The first kappa shape index (κ1) is 23.5. The summed E-state index contributed by atoms with van der Waals surface area (Å²) in [5, 5.41) is 10.2. The zero-order valence-electron chi connectivity index (χ0n) is 17.5. The van der Waals surface area contributed by atoms with Crippen LogP contribution in [0.25, 0.3) is 0 Å². The predicted octanol–water partition coefficient (Wildman–Crippen LogP) is 4.54. The van der Waals surface area contributed by atoms with E-state index in [0.717, 1.165) is 17.8 Å². The largest absolute Gasteiger partial charge is 0.497 e. The van der Waals surface area contributed by atoms with E-state index in [0.29, 0.717) is 22.5 Å². The molecule has 0 aliphatic rings. The number of ether oxygens (including phenoxy) is 2. The third kappa shape index (κ3) is 5.72. The first-order valence-electron chi connectivity index (χ1n) is 9.48. The molecule has 3 rings (SSSR count). The fourth-order valence-electron chi connectivity index (χ4n) is 2.68. The molecule has 0 spiro atoms. The SMILES string of the molecule is COc1ccc(OCc2nnc(SC(C)C(=O)Nc3ccccc3C(F)(F)F)n2C)cc1. The van der Waals surface area contributed by atoms with E-state index < -0.39 is 22.9 Å². The molecule has 0 saturated carbocycles. The van der Waals surface area contributed by atoms with Gasteiger partial charge in [0.15, 0.2) is 11.0 Å². The van der Waals surface area contributed by atoms with E-state index >= 15 is 0 Å². The van der Waals surface area contributed by atoms with Crippen LogP contribution in [0.5, 0.6) is 11.5 Å². The van der Waals surface area contributed by atoms with Crippen molar-refractivity contribution in [2.45, 2.75) is 30.1 Å². The highest BCUT2D eigenvalue weighted by molar-refractivity contribution is 8.00. The van der Waals surface area contributed by atoms with Crippen LogP contribution < -0.4 is 14.8 Å². The third-order valence-electron chi connectivity index (χ3n) is 4.49. The van der Waals surface area contributed by atoms with E-state index in [1.807, 2.05) is 0 Å². The van der Waals surface area contributed by atoms with Crippen molar-refractivity contribution < 1.29 is 27.4 Å². The Morgan fingerprint density at radius 2 is 1.78 bits per heavy atom. The number of alkyl halides is 3. The number of methoxy groups -OCH3 is 1. The van der Waals surface area contributed by atoms with Crippen molar-refractivity contribution in [1.82, 2.24) is 14.8 Å². The van der Waals surface area contributed by atoms with Crippen molar-refractivity contribution in [2.24, 2.45) is 7.05 Å². The van der Waals surface area contributed by atoms with Crippen LogP contribution in [0.15, 0.2) is 53.7 Å². The number of halogens is 3. The fraction of sp³-hybridized carbons (Fsp3) is 0.286. The second-order valence-electron chi connectivity index (χ2n) is 6.71. The Morgan fingerprint density at radius 1 is 1.12 bits per heavy atom. The summed E-state index contributed by atoms with van der Waals surface area (Å²) >= 11 is 1.08. The second kappa shape index (κ2) is 9.94. The summed E-state index contributed by atoms with van der Waals surface area (Å²) < 4.78 is 51.9. The number of hydrogen-bond acceptors (Lipinski definition) is 6. The van der Waals surface area contributed by atoms with Crippen molar-refractivity contribution in [3.05, 3.63) is 59.9 Å². The standard InChI is InChI=1S/C21H21F3N4O3S/c1-13(19(29)25-17-7-5-4-6-16(17)21(22,23)24)32-20-27-26-18(28(20)2)12-31-15-10-8-14(30-3)9-11-15/h4-11,13H,12H2,1-3H3,(H,25,29). The second-order valence-corrected chi connectivity index (χ2v) is 8.02. The molecule has 170 valence electrons. The van der Waals surface area contributed by atoms with Crippen LogP contribution in [-0.2, 0) is 24.6 Å². The Balaban J connectivity index is 1.61. The maximum Gasteiger partial charge on any atom is 0.418 e. The van der Waals surface area contributed by atoms with Gasteiger partial charge in [-0.3, -0.25) is 4.79 Å². The number of thioether (sulfide) groups is 1. The molecule has 2 aromatic carbocycles. The summed E-state index contributed by atoms with van der Waals surface area (Å²) in [7, 11) is 3.30. The lowest BCUT2D eigenvalue weighted by atomic mass is 10.1. The van der Waals surface area contributed by atoms with Gasteiger partial charge in [0.2, 0.25) is 5.91 Å². The monoisotopic (exact) mass is 466 g/mol. The van der Waals surface area contributed by atoms with Gasteiger partial charge in [0.25, 0.3) is 0 Å². The molecule has 1 N–H and O–H groups in total. The van der Waals surface area contributed by atoms with Crippen LogP contribution in [0.1, 0.15) is 18.3 Å². The Kier molecular flexibility index (Phi) is 7.29. The number of amides is 1. The molecule has 0 aliphatic carbocycles. The van der Waals surface area contributed by atoms with E-state index in [9.17, 15) is 18.0 Å². The number of nitrogens with one attached hydrogen (secondary N) is 1. The number of carbonyl (C=O) groups is 1. The quantitative estimate of drug-likeness (QED) is 0.491. The number of carbonyl (C=O) groups excluding carboxylic acids is 1. The third-order valence-corrected chi connectivity index (χ3v) is 5.63. The van der Waals surface area contributed by atoms with Gasteiger partial charge in [-0.1, -0.05) is 23.9 Å². The minimum absolute atomic E-state index is 0.149. The normalized spacial score (nSPS) is 12.3. The molecule has 32 heavy (non-hydrogen) atoms. The zero-order valence-corrected chi connectivity index (χ0v) is 18.3. The number of anilines is 1. The lowest BCUT2D eigenvalue weighted by Crippen LogP contribution is -2.24. The lowest BCUT2D eigenvalue weighted by molar-refractivity contribution is -0.137. The molecule has 11 heteroatoms. The fourth-order valence-corrected chi connectivity index (χ4v) is 3.51. The Morgan fingerprint density at radius 3 is 2.44 bits per heavy atom. The van der Waals surface area contributed by atoms with Crippen LogP contribution in [0, 0.1) is 0 Å². The highest BCUT2D eigenvalue weighted by Gasteiger charge is 2.34. The van der Waals surface area contributed by atoms with Gasteiger partial charge in [-0.2, -0.15) is 13.2 Å². The van der Waals surface area contributed by atoms with E-state index in [1.54, 1.807) is 49.9 Å². The van der Waals surface area contributed by atoms with E-state index in [2.05, 4.69) is 15.5 Å². The number of nitrogens with zero attached hydrogens (tertiary/aromatic N) is 3. The van der Waals surface area contributed by atoms with Crippen LogP contribution in [-0.4, -0.2) is 33.0 Å². The van der Waals surface area contributed by atoms with Crippen LogP contribution in [0.4, 0.5) is 18.9 Å². The summed E-state index contributed by atoms with van der Waals surface area (Å²) in [6.07, 6.45) is -4.57. The number of aromatic nitrogens is 3. The maximum atomic E-state index is 13.1. The van der Waals surface area contributed by atoms with Gasteiger partial charge in [-0.05, 0) is 43.3 Å². The first-order chi connectivity index (χ1) is 15.2. The summed E-state index contributed by atoms with van der Waals surface area (Å²) in [6, 6.07) is 11.9. The average molecular weight is 466 g/mol. The Hall–Kier alpha value is -3.21. The molecular formula is C21H21F3N4O3S. The van der Waals surface area contributed by atoms with Gasteiger partial charge in [0.05, 0.1) is 23.6 Å². The van der Waals surface area contributed by atoms with Gasteiger partial charge in [0.1, 0.15) is 18.1 Å². The van der Waals surface area contributed by atoms with Gasteiger partial charge in [-0.25, -0.2) is 0 Å². The predicted molar refractivity (Wildman–Crippen MR) is 114 cm³/mol. The van der Waals surface area contributed by atoms with E-state index in [1.165, 1.54) is 18.2 Å². The molecular weight excluding hydrogens is 445 g/mol. The van der Waals surface area contributed by atoms with Crippen LogP contribution in [0.2, 0.25) is 0 Å². The smallest absolute Gasteiger partial charge is 0.418 e. The minimum Gasteiger partial charge on any atom is -0.497 e. The number of para-hydroxylation sites is 1. The van der Waals surface area contributed by atoms with E-state index in [4.69, 9.17) is 9.47 Å². The lowest BCUT2D eigenvalue weighted by Gasteiger charge is -2.16. The topological polar surface area (TPSA) is 78.3 Å². The Bertz CT molecular complexity index is 1070. The molecule has 1 atom stereocenters. The maximum absolute atomic E-state index is 13.1. The van der Waals surface area contributed by atoms with Crippen molar-refractivity contribution in [3.8, 4) is 11.5 Å².